The van der Waals surface area contributed by atoms with Crippen molar-refractivity contribution in [2.75, 3.05) is 19.6 Å². The van der Waals surface area contributed by atoms with E-state index in [0.29, 0.717) is 6.54 Å². The van der Waals surface area contributed by atoms with E-state index in [9.17, 15) is 0 Å². The summed E-state index contributed by atoms with van der Waals surface area (Å²) in [7, 11) is 0. The maximum Gasteiger partial charge on any atom is 0.0543 e. The van der Waals surface area contributed by atoms with Gasteiger partial charge in [-0.05, 0) is 24.2 Å². The first-order valence-electron chi connectivity index (χ1n) is 7.56. The molecule has 1 aromatic heterocycles. The van der Waals surface area contributed by atoms with Gasteiger partial charge in [0.25, 0.3) is 0 Å². The van der Waals surface area contributed by atoms with Crippen molar-refractivity contribution < 1.29 is 0 Å². The fourth-order valence-electron chi connectivity index (χ4n) is 2.61. The number of benzene rings is 1. The predicted molar refractivity (Wildman–Crippen MR) is 88.0 cm³/mol. The Morgan fingerprint density at radius 1 is 1.10 bits per heavy atom. The molecule has 0 aliphatic heterocycles. The second-order valence-corrected chi connectivity index (χ2v) is 5.76. The van der Waals surface area contributed by atoms with Gasteiger partial charge in [-0.25, -0.2) is 0 Å². The van der Waals surface area contributed by atoms with Crippen LogP contribution < -0.4 is 5.73 Å². The molecule has 3 heteroatoms. The van der Waals surface area contributed by atoms with Crippen LogP contribution in [0.1, 0.15) is 25.1 Å². The van der Waals surface area contributed by atoms with E-state index in [1.54, 1.807) is 0 Å². The molecule has 0 saturated carbocycles. The van der Waals surface area contributed by atoms with Gasteiger partial charge in [-0.3, -0.25) is 9.88 Å². The summed E-state index contributed by atoms with van der Waals surface area (Å²) in [5, 5.41) is 0. The molecule has 0 radical (unpaired) electrons. The quantitative estimate of drug-likeness (QED) is 0.849. The van der Waals surface area contributed by atoms with Gasteiger partial charge in [0.05, 0.1) is 5.69 Å². The number of hydrogen-bond acceptors (Lipinski definition) is 3. The lowest BCUT2D eigenvalue weighted by atomic mass is 9.82. The Kier molecular flexibility index (Phi) is 5.48. The molecule has 2 aromatic rings. The summed E-state index contributed by atoms with van der Waals surface area (Å²) in [5.74, 6) is 0. The van der Waals surface area contributed by atoms with Crippen LogP contribution in [0.5, 0.6) is 0 Å². The van der Waals surface area contributed by atoms with Gasteiger partial charge in [-0.1, -0.05) is 50.2 Å². The van der Waals surface area contributed by atoms with Crippen LogP contribution in [0.25, 0.3) is 0 Å². The molecule has 2 rings (SSSR count). The topological polar surface area (TPSA) is 42.2 Å². The molecule has 1 unspecified atom stereocenters. The van der Waals surface area contributed by atoms with Gasteiger partial charge in [-0.2, -0.15) is 0 Å². The third-order valence-corrected chi connectivity index (χ3v) is 4.05. The Morgan fingerprint density at radius 3 is 2.38 bits per heavy atom. The van der Waals surface area contributed by atoms with Gasteiger partial charge in [0.1, 0.15) is 0 Å². The molecule has 0 spiro atoms. The zero-order valence-corrected chi connectivity index (χ0v) is 13.0. The molecule has 112 valence electrons. The Labute approximate surface area is 127 Å². The lowest BCUT2D eigenvalue weighted by molar-refractivity contribution is 0.217. The summed E-state index contributed by atoms with van der Waals surface area (Å²) in [6, 6.07) is 16.6. The van der Waals surface area contributed by atoms with Gasteiger partial charge >= 0.3 is 0 Å². The third-order valence-electron chi connectivity index (χ3n) is 4.05. The normalized spacial score (nSPS) is 14.1. The van der Waals surface area contributed by atoms with Crippen molar-refractivity contribution in [1.82, 2.24) is 9.88 Å². The monoisotopic (exact) mass is 283 g/mol. The minimum atomic E-state index is -0.0357. The van der Waals surface area contributed by atoms with Gasteiger partial charge < -0.3 is 5.73 Å². The first-order valence-corrected chi connectivity index (χ1v) is 7.56. The highest BCUT2D eigenvalue weighted by Gasteiger charge is 2.27. The van der Waals surface area contributed by atoms with Crippen LogP contribution in [0.4, 0.5) is 0 Å². The Balaban J connectivity index is 2.12. The number of pyridine rings is 1. The summed E-state index contributed by atoms with van der Waals surface area (Å²) >= 11 is 0. The molecule has 0 aliphatic rings. The summed E-state index contributed by atoms with van der Waals surface area (Å²) in [5.41, 5.74) is 8.46. The zero-order valence-electron chi connectivity index (χ0n) is 13.0. The molecule has 0 saturated heterocycles. The summed E-state index contributed by atoms with van der Waals surface area (Å²) in [4.78, 5) is 6.83. The molecule has 0 aliphatic carbocycles. The van der Waals surface area contributed by atoms with Crippen LogP contribution in [0.15, 0.2) is 54.7 Å². The Hall–Kier alpha value is -1.71. The first kappa shape index (κ1) is 15.7. The van der Waals surface area contributed by atoms with E-state index >= 15 is 0 Å². The van der Waals surface area contributed by atoms with Gasteiger partial charge in [0.15, 0.2) is 0 Å². The first-order chi connectivity index (χ1) is 10.2. The number of likely N-dealkylation sites (N-methyl/N-ethyl adjacent to an activating group) is 1. The number of nitrogens with two attached hydrogens (primary N) is 1. The molecule has 0 fully saturated rings. The highest BCUT2D eigenvalue weighted by molar-refractivity contribution is 5.25. The SMILES string of the molecule is CCN(Cc1ccccn1)CC(C)(CN)c1ccccc1. The summed E-state index contributed by atoms with van der Waals surface area (Å²) < 4.78 is 0. The van der Waals surface area contributed by atoms with E-state index in [0.717, 1.165) is 25.3 Å². The van der Waals surface area contributed by atoms with Crippen LogP contribution in [-0.2, 0) is 12.0 Å². The largest absolute Gasteiger partial charge is 0.330 e. The molecule has 2 N–H and O–H groups in total. The van der Waals surface area contributed by atoms with E-state index in [1.165, 1.54) is 5.56 Å². The molecule has 0 bridgehead atoms. The highest BCUT2D eigenvalue weighted by atomic mass is 15.1. The van der Waals surface area contributed by atoms with Crippen molar-refractivity contribution in [2.45, 2.75) is 25.8 Å². The number of hydrogen-bond donors (Lipinski definition) is 1. The minimum absolute atomic E-state index is 0.0357. The van der Waals surface area contributed by atoms with E-state index in [-0.39, 0.29) is 5.41 Å². The fraction of sp³-hybridized carbons (Fsp3) is 0.389. The van der Waals surface area contributed by atoms with E-state index in [2.05, 4.69) is 54.1 Å². The molecular formula is C18H25N3. The van der Waals surface area contributed by atoms with Crippen molar-refractivity contribution in [3.8, 4) is 0 Å². The third kappa shape index (κ3) is 4.13. The summed E-state index contributed by atoms with van der Waals surface area (Å²) in [6.45, 7) is 7.84. The van der Waals surface area contributed by atoms with Crippen LogP contribution in [0.2, 0.25) is 0 Å². The molecule has 1 heterocycles. The van der Waals surface area contributed by atoms with Crippen LogP contribution in [0, 0.1) is 0 Å². The molecule has 21 heavy (non-hydrogen) atoms. The zero-order chi connectivity index (χ0) is 15.1. The maximum absolute atomic E-state index is 6.09. The van der Waals surface area contributed by atoms with Gasteiger partial charge in [-0.15, -0.1) is 0 Å². The lowest BCUT2D eigenvalue weighted by Gasteiger charge is -2.34. The molecule has 1 atom stereocenters. The molecule has 0 amide bonds. The maximum atomic E-state index is 6.09. The summed E-state index contributed by atoms with van der Waals surface area (Å²) in [6.07, 6.45) is 1.85. The highest BCUT2D eigenvalue weighted by Crippen LogP contribution is 2.24. The van der Waals surface area contributed by atoms with Crippen LogP contribution in [0.3, 0.4) is 0 Å². The van der Waals surface area contributed by atoms with Crippen LogP contribution in [-0.4, -0.2) is 29.5 Å². The van der Waals surface area contributed by atoms with E-state index < -0.39 is 0 Å². The second-order valence-electron chi connectivity index (χ2n) is 5.76. The average Bonchev–Trinajstić information content (AvgIpc) is 2.56. The number of rotatable bonds is 7. The van der Waals surface area contributed by atoms with Crippen molar-refractivity contribution >= 4 is 0 Å². The Morgan fingerprint density at radius 2 is 1.81 bits per heavy atom. The van der Waals surface area contributed by atoms with Crippen molar-refractivity contribution in [3.05, 3.63) is 66.0 Å². The average molecular weight is 283 g/mol. The Bertz CT molecular complexity index is 527. The number of nitrogens with zero attached hydrogens (tertiary/aromatic N) is 2. The second kappa shape index (κ2) is 7.34. The smallest absolute Gasteiger partial charge is 0.0543 e. The molecule has 3 nitrogen and oxygen atoms in total. The predicted octanol–water partition coefficient (Wildman–Crippen LogP) is 2.82. The van der Waals surface area contributed by atoms with Crippen molar-refractivity contribution in [3.63, 3.8) is 0 Å². The molecule has 1 aromatic carbocycles. The van der Waals surface area contributed by atoms with Gasteiger partial charge in [0.2, 0.25) is 0 Å². The number of aromatic nitrogens is 1. The fourth-order valence-corrected chi connectivity index (χ4v) is 2.61. The van der Waals surface area contributed by atoms with Crippen molar-refractivity contribution in [2.24, 2.45) is 5.73 Å². The minimum Gasteiger partial charge on any atom is -0.330 e. The van der Waals surface area contributed by atoms with Gasteiger partial charge in [0, 0.05) is 31.2 Å². The van der Waals surface area contributed by atoms with Crippen molar-refractivity contribution in [1.29, 1.82) is 0 Å². The van der Waals surface area contributed by atoms with E-state index in [4.69, 9.17) is 5.73 Å². The molecular weight excluding hydrogens is 258 g/mol. The standard InChI is InChI=1S/C18H25N3/c1-3-21(13-17-11-7-8-12-20-17)15-18(2,14-19)16-9-5-4-6-10-16/h4-12H,3,13-15,19H2,1-2H3. The van der Waals surface area contributed by atoms with E-state index in [1.807, 2.05) is 24.4 Å². The van der Waals surface area contributed by atoms with Crippen LogP contribution >= 0.6 is 0 Å². The lowest BCUT2D eigenvalue weighted by Crippen LogP contribution is -2.43.